The van der Waals surface area contributed by atoms with Gasteiger partial charge >= 0.3 is 0 Å². The number of ketones is 1. The van der Waals surface area contributed by atoms with Crippen molar-refractivity contribution in [2.75, 3.05) is 6.61 Å². The van der Waals surface area contributed by atoms with Crippen molar-refractivity contribution in [3.8, 4) is 5.75 Å². The molecule has 0 amide bonds. The van der Waals surface area contributed by atoms with Gasteiger partial charge in [0.25, 0.3) is 0 Å². The van der Waals surface area contributed by atoms with Crippen molar-refractivity contribution < 1.29 is 9.53 Å². The lowest BCUT2D eigenvalue weighted by Gasteiger charge is -2.07. The van der Waals surface area contributed by atoms with Crippen LogP contribution in [0.2, 0.25) is 5.02 Å². The lowest BCUT2D eigenvalue weighted by atomic mass is 10.0. The average molecular weight is 289 g/mol. The van der Waals surface area contributed by atoms with E-state index in [2.05, 4.69) is 6.92 Å². The largest absolute Gasteiger partial charge is 0.494 e. The molecule has 2 aromatic carbocycles. The van der Waals surface area contributed by atoms with E-state index in [4.69, 9.17) is 16.3 Å². The molecule has 0 aliphatic rings. The first kappa shape index (κ1) is 14.6. The van der Waals surface area contributed by atoms with Gasteiger partial charge in [-0.15, -0.1) is 0 Å². The van der Waals surface area contributed by atoms with Crippen molar-refractivity contribution in [3.05, 3.63) is 64.7 Å². The Morgan fingerprint density at radius 3 is 2.45 bits per heavy atom. The summed E-state index contributed by atoms with van der Waals surface area (Å²) in [5.74, 6) is 0.713. The van der Waals surface area contributed by atoms with E-state index in [0.717, 1.165) is 18.6 Å². The molecule has 0 aliphatic carbocycles. The van der Waals surface area contributed by atoms with Crippen LogP contribution in [0.25, 0.3) is 0 Å². The van der Waals surface area contributed by atoms with Gasteiger partial charge in [-0.1, -0.05) is 37.1 Å². The summed E-state index contributed by atoms with van der Waals surface area (Å²) in [4.78, 5) is 12.3. The number of carbonyl (C=O) groups is 1. The van der Waals surface area contributed by atoms with E-state index in [0.29, 0.717) is 22.8 Å². The summed E-state index contributed by atoms with van der Waals surface area (Å²) in [5.41, 5.74) is 1.13. The summed E-state index contributed by atoms with van der Waals surface area (Å²) < 4.78 is 5.57. The summed E-state index contributed by atoms with van der Waals surface area (Å²) >= 11 is 6.04. The Hall–Kier alpha value is -1.80. The van der Waals surface area contributed by atoms with Crippen molar-refractivity contribution in [1.29, 1.82) is 0 Å². The highest BCUT2D eigenvalue weighted by molar-refractivity contribution is 6.34. The van der Waals surface area contributed by atoms with E-state index in [1.807, 2.05) is 18.2 Å². The van der Waals surface area contributed by atoms with Gasteiger partial charge in [0.1, 0.15) is 5.75 Å². The van der Waals surface area contributed by atoms with E-state index < -0.39 is 0 Å². The number of ether oxygens (including phenoxy) is 1. The highest BCUT2D eigenvalue weighted by Gasteiger charge is 2.12. The van der Waals surface area contributed by atoms with Gasteiger partial charge in [-0.05, 0) is 42.8 Å². The first-order valence-electron chi connectivity index (χ1n) is 6.74. The number of carbonyl (C=O) groups excluding carboxylic acids is 1. The minimum atomic E-state index is -0.0734. The topological polar surface area (TPSA) is 26.3 Å². The molecule has 0 fully saturated rings. The third-order valence-corrected chi connectivity index (χ3v) is 3.33. The molecule has 0 aliphatic heterocycles. The van der Waals surface area contributed by atoms with Gasteiger partial charge in [-0.3, -0.25) is 4.79 Å². The Labute approximate surface area is 124 Å². The van der Waals surface area contributed by atoms with Gasteiger partial charge in [0.15, 0.2) is 5.78 Å². The Kier molecular flexibility index (Phi) is 5.19. The van der Waals surface area contributed by atoms with Crippen molar-refractivity contribution >= 4 is 17.4 Å². The number of benzene rings is 2. The van der Waals surface area contributed by atoms with Gasteiger partial charge in [0, 0.05) is 11.1 Å². The van der Waals surface area contributed by atoms with Crippen LogP contribution in [0.3, 0.4) is 0 Å². The second-order valence-electron chi connectivity index (χ2n) is 4.54. The molecule has 20 heavy (non-hydrogen) atoms. The molecule has 0 saturated carbocycles. The molecule has 0 bridgehead atoms. The van der Waals surface area contributed by atoms with E-state index in [9.17, 15) is 4.79 Å². The predicted octanol–water partition coefficient (Wildman–Crippen LogP) is 4.75. The van der Waals surface area contributed by atoms with Crippen molar-refractivity contribution in [1.82, 2.24) is 0 Å². The highest BCUT2D eigenvalue weighted by atomic mass is 35.5. The molecule has 0 unspecified atom stereocenters. The molecule has 0 saturated heterocycles. The fourth-order valence-corrected chi connectivity index (χ4v) is 2.06. The standard InChI is InChI=1S/C17H17ClO2/c1-2-3-12-20-14-10-8-13(9-11-14)17(19)15-6-4-5-7-16(15)18/h4-11H,2-3,12H2,1H3. The van der Waals surface area contributed by atoms with E-state index >= 15 is 0 Å². The number of hydrogen-bond donors (Lipinski definition) is 0. The molecule has 0 N–H and O–H groups in total. The zero-order valence-electron chi connectivity index (χ0n) is 11.4. The molecule has 0 radical (unpaired) electrons. The van der Waals surface area contributed by atoms with Gasteiger partial charge in [-0.25, -0.2) is 0 Å². The van der Waals surface area contributed by atoms with Crippen LogP contribution in [0.1, 0.15) is 35.7 Å². The van der Waals surface area contributed by atoms with Crippen molar-refractivity contribution in [2.24, 2.45) is 0 Å². The fraction of sp³-hybridized carbons (Fsp3) is 0.235. The summed E-state index contributed by atoms with van der Waals surface area (Å²) in [6.45, 7) is 2.82. The van der Waals surface area contributed by atoms with Crippen LogP contribution < -0.4 is 4.74 Å². The number of unbranched alkanes of at least 4 members (excludes halogenated alkanes) is 1. The van der Waals surface area contributed by atoms with Crippen LogP contribution in [0, 0.1) is 0 Å². The van der Waals surface area contributed by atoms with E-state index in [1.165, 1.54) is 0 Å². The summed E-state index contributed by atoms with van der Waals surface area (Å²) in [6.07, 6.45) is 2.13. The first-order chi connectivity index (χ1) is 9.72. The van der Waals surface area contributed by atoms with Crippen LogP contribution in [0.5, 0.6) is 5.75 Å². The molecule has 2 nitrogen and oxygen atoms in total. The van der Waals surface area contributed by atoms with Gasteiger partial charge in [0.05, 0.1) is 11.6 Å². The number of rotatable bonds is 6. The van der Waals surface area contributed by atoms with Crippen LogP contribution in [-0.2, 0) is 0 Å². The molecular weight excluding hydrogens is 272 g/mol. The maximum absolute atomic E-state index is 12.3. The average Bonchev–Trinajstić information content (AvgIpc) is 2.48. The van der Waals surface area contributed by atoms with Crippen LogP contribution in [0.4, 0.5) is 0 Å². The zero-order chi connectivity index (χ0) is 14.4. The maximum atomic E-state index is 12.3. The molecule has 104 valence electrons. The van der Waals surface area contributed by atoms with Gasteiger partial charge in [-0.2, -0.15) is 0 Å². The third kappa shape index (κ3) is 3.61. The number of halogens is 1. The molecule has 0 aromatic heterocycles. The minimum Gasteiger partial charge on any atom is -0.494 e. The lowest BCUT2D eigenvalue weighted by molar-refractivity contribution is 0.103. The maximum Gasteiger partial charge on any atom is 0.194 e. The Bertz CT molecular complexity index is 576. The van der Waals surface area contributed by atoms with Crippen LogP contribution in [-0.4, -0.2) is 12.4 Å². The monoisotopic (exact) mass is 288 g/mol. The Morgan fingerprint density at radius 2 is 1.80 bits per heavy atom. The minimum absolute atomic E-state index is 0.0734. The predicted molar refractivity (Wildman–Crippen MR) is 81.7 cm³/mol. The first-order valence-corrected chi connectivity index (χ1v) is 7.12. The van der Waals surface area contributed by atoms with Gasteiger partial charge < -0.3 is 4.74 Å². The molecule has 3 heteroatoms. The molecule has 0 spiro atoms. The second-order valence-corrected chi connectivity index (χ2v) is 4.94. The molecule has 0 atom stereocenters. The van der Waals surface area contributed by atoms with Gasteiger partial charge in [0.2, 0.25) is 0 Å². The normalized spacial score (nSPS) is 10.3. The van der Waals surface area contributed by atoms with Crippen molar-refractivity contribution in [3.63, 3.8) is 0 Å². The molecular formula is C17H17ClO2. The molecule has 2 rings (SSSR count). The summed E-state index contributed by atoms with van der Waals surface area (Å²) in [7, 11) is 0. The fourth-order valence-electron chi connectivity index (χ4n) is 1.84. The van der Waals surface area contributed by atoms with E-state index in [-0.39, 0.29) is 5.78 Å². The van der Waals surface area contributed by atoms with Crippen LogP contribution >= 0.6 is 11.6 Å². The SMILES string of the molecule is CCCCOc1ccc(C(=O)c2ccccc2Cl)cc1. The zero-order valence-corrected chi connectivity index (χ0v) is 12.2. The lowest BCUT2D eigenvalue weighted by Crippen LogP contribution is -2.02. The highest BCUT2D eigenvalue weighted by Crippen LogP contribution is 2.20. The second kappa shape index (κ2) is 7.11. The van der Waals surface area contributed by atoms with Crippen LogP contribution in [0.15, 0.2) is 48.5 Å². The molecule has 0 heterocycles. The smallest absolute Gasteiger partial charge is 0.194 e. The summed E-state index contributed by atoms with van der Waals surface area (Å²) in [5, 5.41) is 0.473. The Balaban J connectivity index is 2.10. The summed E-state index contributed by atoms with van der Waals surface area (Å²) in [6, 6.07) is 14.2. The molecule has 2 aromatic rings. The quantitative estimate of drug-likeness (QED) is 0.566. The number of hydrogen-bond acceptors (Lipinski definition) is 2. The van der Waals surface area contributed by atoms with Crippen molar-refractivity contribution in [2.45, 2.75) is 19.8 Å². The van der Waals surface area contributed by atoms with E-state index in [1.54, 1.807) is 30.3 Å². The Morgan fingerprint density at radius 1 is 1.10 bits per heavy atom. The third-order valence-electron chi connectivity index (χ3n) is 3.00.